The van der Waals surface area contributed by atoms with Gasteiger partial charge in [0.15, 0.2) is 5.96 Å². The minimum atomic E-state index is 0. The third-order valence-electron chi connectivity index (χ3n) is 4.70. The molecule has 1 aliphatic heterocycles. The molecule has 3 rings (SSSR count). The number of halogens is 2. The summed E-state index contributed by atoms with van der Waals surface area (Å²) in [5.41, 5.74) is 8.00. The van der Waals surface area contributed by atoms with Gasteiger partial charge in [-0.25, -0.2) is 4.98 Å². The first-order chi connectivity index (χ1) is 13.0. The summed E-state index contributed by atoms with van der Waals surface area (Å²) in [4.78, 5) is 11.5. The van der Waals surface area contributed by atoms with Gasteiger partial charge in [0.25, 0.3) is 0 Å². The van der Waals surface area contributed by atoms with Crippen molar-refractivity contribution in [3.05, 3.63) is 39.3 Å². The van der Waals surface area contributed by atoms with Crippen LogP contribution < -0.4 is 15.8 Å². The molecule has 0 spiro atoms. The second kappa shape index (κ2) is 11.2. The molecule has 0 amide bonds. The number of hydrogen-bond acceptors (Lipinski definition) is 5. The molecule has 0 unspecified atom stereocenters. The lowest BCUT2D eigenvalue weighted by Crippen LogP contribution is -2.34. The Balaban J connectivity index is 0.00000280. The minimum Gasteiger partial charge on any atom is -0.495 e. The molecule has 0 radical (unpaired) electrons. The third-order valence-corrected chi connectivity index (χ3v) is 5.82. The molecular formula is C19H27ClIN5OS. The van der Waals surface area contributed by atoms with Crippen LogP contribution in [0.2, 0.25) is 5.02 Å². The summed E-state index contributed by atoms with van der Waals surface area (Å²) in [6, 6.07) is 5.45. The maximum Gasteiger partial charge on any atom is 0.193 e. The van der Waals surface area contributed by atoms with E-state index < -0.39 is 0 Å². The Morgan fingerprint density at radius 3 is 2.79 bits per heavy atom. The smallest absolute Gasteiger partial charge is 0.193 e. The summed E-state index contributed by atoms with van der Waals surface area (Å²) in [5, 5.41) is 6.92. The number of aromatic nitrogens is 1. The molecule has 2 heterocycles. The van der Waals surface area contributed by atoms with Crippen LogP contribution in [0.1, 0.15) is 23.5 Å². The molecule has 1 aromatic carbocycles. The Labute approximate surface area is 192 Å². The fourth-order valence-electron chi connectivity index (χ4n) is 3.20. The fourth-order valence-corrected chi connectivity index (χ4v) is 4.06. The second-order valence-corrected chi connectivity index (χ2v) is 8.25. The summed E-state index contributed by atoms with van der Waals surface area (Å²) in [7, 11) is 1.59. The van der Waals surface area contributed by atoms with Crippen molar-refractivity contribution in [3.63, 3.8) is 0 Å². The van der Waals surface area contributed by atoms with Gasteiger partial charge in [0.05, 0.1) is 22.8 Å². The van der Waals surface area contributed by atoms with Crippen LogP contribution in [0.15, 0.2) is 28.6 Å². The van der Waals surface area contributed by atoms with Crippen molar-refractivity contribution >= 4 is 58.6 Å². The van der Waals surface area contributed by atoms with Crippen molar-refractivity contribution in [1.29, 1.82) is 0 Å². The van der Waals surface area contributed by atoms with Crippen LogP contribution in [0.25, 0.3) is 0 Å². The highest BCUT2D eigenvalue weighted by atomic mass is 127. The molecule has 0 bridgehead atoms. The number of nitrogens with zero attached hydrogens (tertiary/aromatic N) is 3. The van der Waals surface area contributed by atoms with Crippen molar-refractivity contribution in [2.24, 2.45) is 16.6 Å². The van der Waals surface area contributed by atoms with E-state index in [0.717, 1.165) is 49.7 Å². The molecule has 0 aliphatic carbocycles. The highest BCUT2D eigenvalue weighted by Gasteiger charge is 2.19. The summed E-state index contributed by atoms with van der Waals surface area (Å²) >= 11 is 7.85. The van der Waals surface area contributed by atoms with Crippen molar-refractivity contribution in [3.8, 4) is 5.75 Å². The lowest BCUT2D eigenvalue weighted by atomic mass is 9.97. The van der Waals surface area contributed by atoms with Crippen LogP contribution in [-0.4, -0.2) is 42.6 Å². The van der Waals surface area contributed by atoms with Gasteiger partial charge in [-0.3, -0.25) is 9.89 Å². The highest BCUT2D eigenvalue weighted by Crippen LogP contribution is 2.27. The van der Waals surface area contributed by atoms with Crippen LogP contribution in [0, 0.1) is 12.8 Å². The Morgan fingerprint density at radius 1 is 1.43 bits per heavy atom. The van der Waals surface area contributed by atoms with E-state index in [-0.39, 0.29) is 24.0 Å². The highest BCUT2D eigenvalue weighted by molar-refractivity contribution is 14.0. The number of thiazole rings is 1. The molecule has 9 heteroatoms. The van der Waals surface area contributed by atoms with E-state index in [1.165, 1.54) is 5.69 Å². The van der Waals surface area contributed by atoms with Gasteiger partial charge in [0, 0.05) is 24.2 Å². The number of ether oxygens (including phenoxy) is 1. The summed E-state index contributed by atoms with van der Waals surface area (Å²) < 4.78 is 5.15. The predicted octanol–water partition coefficient (Wildman–Crippen LogP) is 4.37. The monoisotopic (exact) mass is 535 g/mol. The average Bonchev–Trinajstić information content (AvgIpc) is 3.06. The van der Waals surface area contributed by atoms with Crippen LogP contribution in [0.5, 0.6) is 5.75 Å². The van der Waals surface area contributed by atoms with Gasteiger partial charge in [0.1, 0.15) is 5.75 Å². The zero-order chi connectivity index (χ0) is 19.2. The van der Waals surface area contributed by atoms with Gasteiger partial charge < -0.3 is 15.8 Å². The van der Waals surface area contributed by atoms with Crippen molar-refractivity contribution in [1.82, 2.24) is 9.88 Å². The average molecular weight is 536 g/mol. The van der Waals surface area contributed by atoms with Gasteiger partial charge in [-0.05, 0) is 57.0 Å². The lowest BCUT2D eigenvalue weighted by molar-refractivity contribution is 0.179. The van der Waals surface area contributed by atoms with E-state index >= 15 is 0 Å². The second-order valence-electron chi connectivity index (χ2n) is 6.78. The number of nitrogens with one attached hydrogen (secondary N) is 1. The quantitative estimate of drug-likeness (QED) is 0.326. The third kappa shape index (κ3) is 6.75. The largest absolute Gasteiger partial charge is 0.495 e. The van der Waals surface area contributed by atoms with Crippen LogP contribution in [0.4, 0.5) is 5.69 Å². The normalized spacial score (nSPS) is 15.9. The maximum atomic E-state index is 6.13. The number of aryl methyl sites for hydroxylation is 1. The first-order valence-corrected chi connectivity index (χ1v) is 10.3. The number of nitrogens with two attached hydrogens (primary N) is 1. The summed E-state index contributed by atoms with van der Waals surface area (Å²) in [6.07, 6.45) is 2.27. The topological polar surface area (TPSA) is 75.8 Å². The molecule has 154 valence electrons. The van der Waals surface area contributed by atoms with E-state index in [4.69, 9.17) is 22.1 Å². The molecule has 28 heavy (non-hydrogen) atoms. The summed E-state index contributed by atoms with van der Waals surface area (Å²) in [6.45, 7) is 5.90. The van der Waals surface area contributed by atoms with Gasteiger partial charge in [-0.2, -0.15) is 0 Å². The molecule has 1 aliphatic rings. The number of rotatable bonds is 6. The van der Waals surface area contributed by atoms with Crippen LogP contribution in [-0.2, 0) is 6.54 Å². The molecule has 1 saturated heterocycles. The molecule has 6 nitrogen and oxygen atoms in total. The van der Waals surface area contributed by atoms with Gasteiger partial charge in [0.2, 0.25) is 0 Å². The van der Waals surface area contributed by atoms with Crippen molar-refractivity contribution in [2.75, 3.05) is 32.1 Å². The molecule has 2 aromatic rings. The Hall–Kier alpha value is -1.10. The number of likely N-dealkylation sites (tertiary alicyclic amines) is 1. The Kier molecular flexibility index (Phi) is 9.26. The van der Waals surface area contributed by atoms with Crippen LogP contribution in [0.3, 0.4) is 0 Å². The van der Waals surface area contributed by atoms with E-state index in [1.54, 1.807) is 30.6 Å². The molecular weight excluding hydrogens is 509 g/mol. The zero-order valence-electron chi connectivity index (χ0n) is 16.2. The summed E-state index contributed by atoms with van der Waals surface area (Å²) in [5.74, 6) is 1.62. The predicted molar refractivity (Wildman–Crippen MR) is 128 cm³/mol. The molecule has 3 N–H and O–H groups in total. The Bertz CT molecular complexity index is 792. The first-order valence-electron chi connectivity index (χ1n) is 9.07. The maximum absolute atomic E-state index is 6.13. The Morgan fingerprint density at radius 2 is 2.18 bits per heavy atom. The first kappa shape index (κ1) is 23.2. The molecule has 1 fully saturated rings. The number of benzene rings is 1. The molecule has 0 saturated carbocycles. The SMILES string of the molecule is COc1ccc(NC(N)=NCC2CCN(Cc3csc(C)n3)CC2)cc1Cl.I. The van der Waals surface area contributed by atoms with Crippen molar-refractivity contribution < 1.29 is 4.74 Å². The number of hydrogen-bond donors (Lipinski definition) is 2. The van der Waals surface area contributed by atoms with Gasteiger partial charge in [-0.15, -0.1) is 35.3 Å². The lowest BCUT2D eigenvalue weighted by Gasteiger charge is -2.30. The van der Waals surface area contributed by atoms with Crippen LogP contribution >= 0.6 is 46.9 Å². The molecule has 1 aromatic heterocycles. The standard InChI is InChI=1S/C19H26ClN5OS.HI/c1-13-23-16(12-27-13)11-25-7-5-14(6-8-25)10-22-19(21)24-15-3-4-18(26-2)17(20)9-15;/h3-4,9,12,14H,5-8,10-11H2,1-2H3,(H3,21,22,24);1H. The van der Waals surface area contributed by atoms with Gasteiger partial charge in [-0.1, -0.05) is 11.6 Å². The number of guanidine groups is 1. The van der Waals surface area contributed by atoms with Crippen molar-refractivity contribution in [2.45, 2.75) is 26.3 Å². The molecule has 0 atom stereocenters. The van der Waals surface area contributed by atoms with E-state index in [9.17, 15) is 0 Å². The minimum absolute atomic E-state index is 0. The number of piperidine rings is 1. The van der Waals surface area contributed by atoms with E-state index in [0.29, 0.717) is 22.6 Å². The van der Waals surface area contributed by atoms with E-state index in [1.807, 2.05) is 6.07 Å². The van der Waals surface area contributed by atoms with Gasteiger partial charge >= 0.3 is 0 Å². The van der Waals surface area contributed by atoms with E-state index in [2.05, 4.69) is 32.5 Å². The number of aliphatic imine (C=N–C) groups is 1. The number of anilines is 1. The zero-order valence-corrected chi connectivity index (χ0v) is 20.1. The number of methoxy groups -OCH3 is 1. The fraction of sp³-hybridized carbons (Fsp3) is 0.474.